The molecule has 3 amide bonds. The molecular weight excluding hydrogens is 568 g/mol. The van der Waals surface area contributed by atoms with Crippen molar-refractivity contribution in [1.82, 2.24) is 5.32 Å². The van der Waals surface area contributed by atoms with Crippen LogP contribution in [0.3, 0.4) is 0 Å². The van der Waals surface area contributed by atoms with Crippen molar-refractivity contribution in [2.24, 2.45) is 0 Å². The van der Waals surface area contributed by atoms with E-state index in [1.54, 1.807) is 84.9 Å². The highest BCUT2D eigenvalue weighted by Gasteiger charge is 2.16. The molecule has 0 unspecified atom stereocenters. The van der Waals surface area contributed by atoms with Gasteiger partial charge in [-0.25, -0.2) is 0 Å². The fourth-order valence-electron chi connectivity index (χ4n) is 3.81. The van der Waals surface area contributed by atoms with E-state index in [0.29, 0.717) is 34.9 Å². The number of hydrogen-bond acceptors (Lipinski definition) is 7. The van der Waals surface area contributed by atoms with Crippen LogP contribution in [0.1, 0.15) is 22.8 Å². The Morgan fingerprint density at radius 3 is 2.26 bits per heavy atom. The normalized spacial score (nSPS) is 10.9. The Morgan fingerprint density at radius 2 is 1.58 bits per heavy atom. The molecular formula is C32H28N4O6S. The number of carbonyl (C=O) groups is 3. The van der Waals surface area contributed by atoms with Gasteiger partial charge in [0.2, 0.25) is 5.91 Å². The standard InChI is InChI=1S/C32H28N4O6S/c1-2-42-27-17-11-22(12-18-27)19-29(35-31(38)23-7-4-3-5-8-23)32(39)34-25-9-6-10-28(20-25)43-21-30(37)33-24-13-15-26(16-14-24)36(40)41/h3-20H,2,21H2,1H3,(H,33,37)(H,34,39)(H,35,38)/b29-19+. The summed E-state index contributed by atoms with van der Waals surface area (Å²) in [6.45, 7) is 2.41. The third-order valence-electron chi connectivity index (χ3n) is 5.85. The molecule has 218 valence electrons. The van der Waals surface area contributed by atoms with E-state index in [0.717, 1.165) is 4.90 Å². The summed E-state index contributed by atoms with van der Waals surface area (Å²) in [5.41, 5.74) is 1.98. The van der Waals surface area contributed by atoms with Crippen molar-refractivity contribution in [1.29, 1.82) is 0 Å². The largest absolute Gasteiger partial charge is 0.494 e. The number of nitrogens with zero attached hydrogens (tertiary/aromatic N) is 1. The van der Waals surface area contributed by atoms with E-state index in [1.165, 1.54) is 36.0 Å². The van der Waals surface area contributed by atoms with E-state index in [-0.39, 0.29) is 23.0 Å². The van der Waals surface area contributed by atoms with Gasteiger partial charge >= 0.3 is 0 Å². The fraction of sp³-hybridized carbons (Fsp3) is 0.0938. The van der Waals surface area contributed by atoms with Crippen LogP contribution in [-0.4, -0.2) is 35.0 Å². The number of nitrogens with one attached hydrogen (secondary N) is 3. The lowest BCUT2D eigenvalue weighted by Crippen LogP contribution is -2.30. The first kappa shape index (κ1) is 30.5. The van der Waals surface area contributed by atoms with Gasteiger partial charge in [-0.3, -0.25) is 24.5 Å². The van der Waals surface area contributed by atoms with E-state index in [4.69, 9.17) is 4.74 Å². The van der Waals surface area contributed by atoms with E-state index < -0.39 is 16.7 Å². The van der Waals surface area contributed by atoms with Crippen LogP contribution in [-0.2, 0) is 9.59 Å². The number of nitro groups is 1. The van der Waals surface area contributed by atoms with Crippen LogP contribution in [0.5, 0.6) is 5.75 Å². The van der Waals surface area contributed by atoms with Gasteiger partial charge < -0.3 is 20.7 Å². The van der Waals surface area contributed by atoms with Crippen molar-refractivity contribution >= 4 is 52.6 Å². The zero-order chi connectivity index (χ0) is 30.6. The number of hydrogen-bond donors (Lipinski definition) is 3. The van der Waals surface area contributed by atoms with Crippen molar-refractivity contribution in [3.05, 3.63) is 130 Å². The summed E-state index contributed by atoms with van der Waals surface area (Å²) < 4.78 is 5.48. The molecule has 11 heteroatoms. The van der Waals surface area contributed by atoms with Crippen molar-refractivity contribution in [3.63, 3.8) is 0 Å². The molecule has 10 nitrogen and oxygen atoms in total. The smallest absolute Gasteiger partial charge is 0.272 e. The summed E-state index contributed by atoms with van der Waals surface area (Å²) in [5.74, 6) is -0.496. The van der Waals surface area contributed by atoms with Gasteiger partial charge in [0.25, 0.3) is 17.5 Å². The molecule has 4 rings (SSSR count). The zero-order valence-corrected chi connectivity index (χ0v) is 23.9. The first-order valence-corrected chi connectivity index (χ1v) is 14.2. The van der Waals surface area contributed by atoms with Crippen molar-refractivity contribution in [2.45, 2.75) is 11.8 Å². The summed E-state index contributed by atoms with van der Waals surface area (Å²) in [7, 11) is 0. The summed E-state index contributed by atoms with van der Waals surface area (Å²) in [5, 5.41) is 19.0. The van der Waals surface area contributed by atoms with Crippen molar-refractivity contribution < 1.29 is 24.0 Å². The lowest BCUT2D eigenvalue weighted by Gasteiger charge is -2.12. The Morgan fingerprint density at radius 1 is 0.860 bits per heavy atom. The Labute approximate surface area is 252 Å². The van der Waals surface area contributed by atoms with E-state index in [1.807, 2.05) is 6.92 Å². The predicted molar refractivity (Wildman–Crippen MR) is 167 cm³/mol. The fourth-order valence-corrected chi connectivity index (χ4v) is 4.57. The maximum Gasteiger partial charge on any atom is 0.272 e. The number of carbonyl (C=O) groups excluding carboxylic acids is 3. The molecule has 0 aliphatic carbocycles. The van der Waals surface area contributed by atoms with Gasteiger partial charge in [0, 0.05) is 34.0 Å². The molecule has 0 aromatic heterocycles. The third kappa shape index (κ3) is 9.30. The number of rotatable bonds is 12. The number of benzene rings is 4. The van der Waals surface area contributed by atoms with Gasteiger partial charge in [-0.05, 0) is 73.2 Å². The Kier molecular flexibility index (Phi) is 10.6. The number of thioether (sulfide) groups is 1. The number of non-ortho nitro benzene ring substituents is 1. The summed E-state index contributed by atoms with van der Waals surface area (Å²) in [6, 6.07) is 28.2. The molecule has 0 spiro atoms. The Hall–Kier alpha value is -5.42. The van der Waals surface area contributed by atoms with Crippen LogP contribution in [0.15, 0.2) is 114 Å². The Bertz CT molecular complexity index is 1620. The second-order valence-electron chi connectivity index (χ2n) is 9.00. The van der Waals surface area contributed by atoms with Gasteiger partial charge in [-0.1, -0.05) is 36.4 Å². The summed E-state index contributed by atoms with van der Waals surface area (Å²) in [4.78, 5) is 49.7. The zero-order valence-electron chi connectivity index (χ0n) is 23.1. The second-order valence-corrected chi connectivity index (χ2v) is 10.1. The lowest BCUT2D eigenvalue weighted by molar-refractivity contribution is -0.384. The molecule has 0 atom stereocenters. The minimum atomic E-state index is -0.531. The molecule has 43 heavy (non-hydrogen) atoms. The molecule has 4 aromatic rings. The Balaban J connectivity index is 1.43. The monoisotopic (exact) mass is 596 g/mol. The maximum absolute atomic E-state index is 13.4. The third-order valence-corrected chi connectivity index (χ3v) is 6.85. The first-order valence-electron chi connectivity index (χ1n) is 13.2. The molecule has 0 heterocycles. The molecule has 0 aliphatic rings. The predicted octanol–water partition coefficient (Wildman–Crippen LogP) is 6.13. The van der Waals surface area contributed by atoms with Crippen molar-refractivity contribution in [3.8, 4) is 5.75 Å². The average Bonchev–Trinajstić information content (AvgIpc) is 3.01. The first-order chi connectivity index (χ1) is 20.8. The van der Waals surface area contributed by atoms with Crippen LogP contribution < -0.4 is 20.7 Å². The molecule has 4 aromatic carbocycles. The molecule has 0 fully saturated rings. The summed E-state index contributed by atoms with van der Waals surface area (Å²) in [6.07, 6.45) is 1.58. The minimum Gasteiger partial charge on any atom is -0.494 e. The maximum atomic E-state index is 13.4. The van der Waals surface area contributed by atoms with Gasteiger partial charge in [0.05, 0.1) is 17.3 Å². The van der Waals surface area contributed by atoms with Gasteiger partial charge in [-0.15, -0.1) is 11.8 Å². The van der Waals surface area contributed by atoms with Crippen molar-refractivity contribution in [2.75, 3.05) is 23.0 Å². The van der Waals surface area contributed by atoms with E-state index in [2.05, 4.69) is 16.0 Å². The van der Waals surface area contributed by atoms with E-state index >= 15 is 0 Å². The van der Waals surface area contributed by atoms with E-state index in [9.17, 15) is 24.5 Å². The highest BCUT2D eigenvalue weighted by atomic mass is 32.2. The highest BCUT2D eigenvalue weighted by Crippen LogP contribution is 2.23. The topological polar surface area (TPSA) is 140 Å². The molecule has 0 radical (unpaired) electrons. The average molecular weight is 597 g/mol. The van der Waals surface area contributed by atoms with Gasteiger partial charge in [0.15, 0.2) is 0 Å². The molecule has 0 saturated heterocycles. The van der Waals surface area contributed by atoms with Crippen LogP contribution >= 0.6 is 11.8 Å². The van der Waals surface area contributed by atoms with Crippen LogP contribution in [0, 0.1) is 10.1 Å². The minimum absolute atomic E-state index is 0.0403. The molecule has 0 bridgehead atoms. The van der Waals surface area contributed by atoms with Crippen LogP contribution in [0.2, 0.25) is 0 Å². The lowest BCUT2D eigenvalue weighted by atomic mass is 10.1. The van der Waals surface area contributed by atoms with Crippen LogP contribution in [0.25, 0.3) is 6.08 Å². The van der Waals surface area contributed by atoms with Gasteiger partial charge in [-0.2, -0.15) is 0 Å². The number of anilines is 2. The number of amides is 3. The number of nitro benzene ring substituents is 1. The highest BCUT2D eigenvalue weighted by molar-refractivity contribution is 8.00. The number of ether oxygens (including phenoxy) is 1. The summed E-state index contributed by atoms with van der Waals surface area (Å²) >= 11 is 1.25. The van der Waals surface area contributed by atoms with Crippen LogP contribution in [0.4, 0.5) is 17.1 Å². The quantitative estimate of drug-likeness (QED) is 0.0773. The molecule has 3 N–H and O–H groups in total. The SMILES string of the molecule is CCOc1ccc(/C=C(/NC(=O)c2ccccc2)C(=O)Nc2cccc(SCC(=O)Nc3ccc([N+](=O)[O-])cc3)c2)cc1. The second kappa shape index (κ2) is 15.0. The van der Waals surface area contributed by atoms with Gasteiger partial charge in [0.1, 0.15) is 11.4 Å². The molecule has 0 saturated carbocycles. The molecule has 0 aliphatic heterocycles.